The Morgan fingerprint density at radius 1 is 1.20 bits per heavy atom. The lowest BCUT2D eigenvalue weighted by Gasteiger charge is -2.05. The third kappa shape index (κ3) is 2.08. The molecule has 0 spiro atoms. The highest BCUT2D eigenvalue weighted by Gasteiger charge is 2.14. The maximum Gasteiger partial charge on any atom is 0.140 e. The van der Waals surface area contributed by atoms with Crippen LogP contribution in [0.3, 0.4) is 0 Å². The first kappa shape index (κ1) is 12.8. The van der Waals surface area contributed by atoms with E-state index in [0.29, 0.717) is 13.0 Å². The van der Waals surface area contributed by atoms with Gasteiger partial charge in [0.15, 0.2) is 0 Å². The molecule has 0 bridgehead atoms. The zero-order valence-corrected chi connectivity index (χ0v) is 11.3. The Hall–Kier alpha value is -2.20. The van der Waals surface area contributed by atoms with E-state index < -0.39 is 0 Å². The van der Waals surface area contributed by atoms with Crippen molar-refractivity contribution in [2.45, 2.75) is 13.3 Å². The molecule has 0 aliphatic rings. The number of hydrogen-bond acceptors (Lipinski definition) is 2. The molecule has 4 heteroatoms. The molecule has 0 fully saturated rings. The van der Waals surface area contributed by atoms with Crippen LogP contribution in [0.5, 0.6) is 0 Å². The van der Waals surface area contributed by atoms with E-state index in [1.165, 1.54) is 12.1 Å². The molecule has 2 N–H and O–H groups in total. The van der Waals surface area contributed by atoms with E-state index in [2.05, 4.69) is 4.98 Å². The highest BCUT2D eigenvalue weighted by molar-refractivity contribution is 5.68. The van der Waals surface area contributed by atoms with Crippen LogP contribution in [0.2, 0.25) is 0 Å². The molecule has 0 saturated carbocycles. The minimum Gasteiger partial charge on any atom is -0.330 e. The Labute approximate surface area is 116 Å². The molecule has 3 aromatic rings. The molecule has 0 amide bonds. The number of imidazole rings is 1. The summed E-state index contributed by atoms with van der Waals surface area (Å²) in [4.78, 5) is 4.69. The lowest BCUT2D eigenvalue weighted by molar-refractivity contribution is 0.628. The van der Waals surface area contributed by atoms with E-state index in [1.54, 1.807) is 12.1 Å². The second kappa shape index (κ2) is 5.06. The van der Waals surface area contributed by atoms with Crippen molar-refractivity contribution < 1.29 is 4.39 Å². The summed E-state index contributed by atoms with van der Waals surface area (Å²) >= 11 is 0. The third-order valence-corrected chi connectivity index (χ3v) is 3.42. The van der Waals surface area contributed by atoms with Gasteiger partial charge in [-0.05, 0) is 49.4 Å². The molecule has 3 nitrogen and oxygen atoms in total. The van der Waals surface area contributed by atoms with Crippen LogP contribution >= 0.6 is 0 Å². The number of nitrogens with two attached hydrogens (primary N) is 1. The molecule has 0 radical (unpaired) electrons. The average Bonchev–Trinajstić information content (AvgIpc) is 2.80. The highest BCUT2D eigenvalue weighted by atomic mass is 19.1. The van der Waals surface area contributed by atoms with Crippen molar-refractivity contribution in [3.8, 4) is 11.3 Å². The van der Waals surface area contributed by atoms with Gasteiger partial charge in [0.2, 0.25) is 0 Å². The van der Waals surface area contributed by atoms with E-state index in [-0.39, 0.29) is 5.82 Å². The normalized spacial score (nSPS) is 11.2. The molecule has 0 aliphatic carbocycles. The van der Waals surface area contributed by atoms with Crippen LogP contribution in [0.4, 0.5) is 4.39 Å². The number of halogens is 1. The second-order valence-electron chi connectivity index (χ2n) is 4.84. The van der Waals surface area contributed by atoms with Gasteiger partial charge in [-0.3, -0.25) is 4.40 Å². The minimum atomic E-state index is -0.237. The van der Waals surface area contributed by atoms with E-state index in [4.69, 9.17) is 5.73 Å². The molecule has 102 valence electrons. The summed E-state index contributed by atoms with van der Waals surface area (Å²) in [5, 5.41) is 0. The maximum atomic E-state index is 13.1. The number of nitrogens with zero attached hydrogens (tertiary/aromatic N) is 2. The molecular weight excluding hydrogens is 253 g/mol. The maximum absolute atomic E-state index is 13.1. The average molecular weight is 269 g/mol. The van der Waals surface area contributed by atoms with Crippen molar-refractivity contribution in [3.63, 3.8) is 0 Å². The predicted molar refractivity (Wildman–Crippen MR) is 78.1 cm³/mol. The molecule has 0 aliphatic heterocycles. The summed E-state index contributed by atoms with van der Waals surface area (Å²) < 4.78 is 15.2. The number of hydrogen-bond donors (Lipinski definition) is 1. The number of pyridine rings is 1. The van der Waals surface area contributed by atoms with Crippen LogP contribution in [-0.2, 0) is 6.42 Å². The van der Waals surface area contributed by atoms with Gasteiger partial charge < -0.3 is 5.73 Å². The lowest BCUT2D eigenvalue weighted by atomic mass is 10.1. The quantitative estimate of drug-likeness (QED) is 0.794. The summed E-state index contributed by atoms with van der Waals surface area (Å²) in [6.45, 7) is 2.57. The number of benzene rings is 1. The van der Waals surface area contributed by atoms with Crippen molar-refractivity contribution in [3.05, 3.63) is 59.7 Å². The fourth-order valence-electron chi connectivity index (χ4n) is 2.48. The van der Waals surface area contributed by atoms with Crippen molar-refractivity contribution in [1.82, 2.24) is 9.38 Å². The Morgan fingerprint density at radius 3 is 2.65 bits per heavy atom. The summed E-state index contributed by atoms with van der Waals surface area (Å²) in [7, 11) is 0. The molecule has 0 unspecified atom stereocenters. The smallest absolute Gasteiger partial charge is 0.140 e. The molecule has 20 heavy (non-hydrogen) atoms. The lowest BCUT2D eigenvalue weighted by Crippen LogP contribution is -2.04. The first-order valence-corrected chi connectivity index (χ1v) is 6.63. The van der Waals surface area contributed by atoms with Gasteiger partial charge in [-0.25, -0.2) is 9.37 Å². The number of rotatable bonds is 3. The molecule has 1 aromatic carbocycles. The summed E-state index contributed by atoms with van der Waals surface area (Å²) in [6.07, 6.45) is 2.68. The molecule has 2 heterocycles. The third-order valence-electron chi connectivity index (χ3n) is 3.42. The number of aromatic nitrogens is 2. The summed E-state index contributed by atoms with van der Waals surface area (Å²) in [6, 6.07) is 10.5. The molecular formula is C16H16FN3. The van der Waals surface area contributed by atoms with Crippen LogP contribution in [-0.4, -0.2) is 15.9 Å². The summed E-state index contributed by atoms with van der Waals surface area (Å²) in [5.41, 5.74) is 10.6. The van der Waals surface area contributed by atoms with Gasteiger partial charge in [0.25, 0.3) is 0 Å². The Morgan fingerprint density at radius 2 is 1.95 bits per heavy atom. The number of aryl methyl sites for hydroxylation is 1. The largest absolute Gasteiger partial charge is 0.330 e. The van der Waals surface area contributed by atoms with E-state index in [0.717, 1.165) is 28.2 Å². The van der Waals surface area contributed by atoms with Crippen LogP contribution in [0.15, 0.2) is 42.6 Å². The first-order valence-electron chi connectivity index (χ1n) is 6.63. The highest BCUT2D eigenvalue weighted by Crippen LogP contribution is 2.27. The Bertz CT molecular complexity index is 744. The topological polar surface area (TPSA) is 43.3 Å². The van der Waals surface area contributed by atoms with Crippen LogP contribution in [0.25, 0.3) is 16.9 Å². The zero-order chi connectivity index (χ0) is 14.1. The van der Waals surface area contributed by atoms with Gasteiger partial charge in [0, 0.05) is 18.2 Å². The van der Waals surface area contributed by atoms with E-state index >= 15 is 0 Å². The first-order chi connectivity index (χ1) is 9.70. The van der Waals surface area contributed by atoms with Crippen LogP contribution in [0, 0.1) is 12.7 Å². The standard InChI is InChI=1S/C16H16FN3/c1-11-3-2-10-20-15(12-4-6-13(17)7-5-12)14(8-9-18)19-16(11)20/h2-7,10H,8-9,18H2,1H3. The SMILES string of the molecule is Cc1cccn2c(-c3ccc(F)cc3)c(CCN)nc12. The molecule has 2 aromatic heterocycles. The Kier molecular flexibility index (Phi) is 3.24. The fraction of sp³-hybridized carbons (Fsp3) is 0.188. The zero-order valence-electron chi connectivity index (χ0n) is 11.3. The predicted octanol–water partition coefficient (Wildman–Crippen LogP) is 2.95. The van der Waals surface area contributed by atoms with Gasteiger partial charge >= 0.3 is 0 Å². The van der Waals surface area contributed by atoms with E-state index in [9.17, 15) is 4.39 Å². The molecule has 0 atom stereocenters. The van der Waals surface area contributed by atoms with Crippen molar-refractivity contribution in [2.24, 2.45) is 5.73 Å². The van der Waals surface area contributed by atoms with Crippen LogP contribution < -0.4 is 5.73 Å². The summed E-state index contributed by atoms with van der Waals surface area (Å²) in [5.74, 6) is -0.237. The Balaban J connectivity index is 2.28. The molecule has 0 saturated heterocycles. The monoisotopic (exact) mass is 269 g/mol. The van der Waals surface area contributed by atoms with Gasteiger partial charge in [0.05, 0.1) is 11.4 Å². The molecule has 3 rings (SSSR count). The van der Waals surface area contributed by atoms with Gasteiger partial charge in [-0.2, -0.15) is 0 Å². The fourth-order valence-corrected chi connectivity index (χ4v) is 2.48. The minimum absolute atomic E-state index is 0.237. The number of fused-ring (bicyclic) bond motifs is 1. The van der Waals surface area contributed by atoms with Gasteiger partial charge in [0.1, 0.15) is 11.5 Å². The second-order valence-corrected chi connectivity index (χ2v) is 4.84. The van der Waals surface area contributed by atoms with E-state index in [1.807, 2.05) is 29.7 Å². The van der Waals surface area contributed by atoms with Gasteiger partial charge in [-0.1, -0.05) is 6.07 Å². The van der Waals surface area contributed by atoms with Crippen molar-refractivity contribution in [1.29, 1.82) is 0 Å². The van der Waals surface area contributed by atoms with Gasteiger partial charge in [-0.15, -0.1) is 0 Å². The van der Waals surface area contributed by atoms with Crippen molar-refractivity contribution in [2.75, 3.05) is 6.54 Å². The van der Waals surface area contributed by atoms with Crippen molar-refractivity contribution >= 4 is 5.65 Å². The van der Waals surface area contributed by atoms with Crippen LogP contribution in [0.1, 0.15) is 11.3 Å².